The maximum Gasteiger partial charge on any atom is 0.417 e. The van der Waals surface area contributed by atoms with Crippen LogP contribution in [0.4, 0.5) is 4.79 Å². The predicted octanol–water partition coefficient (Wildman–Crippen LogP) is 1.85. The molecule has 0 aromatic heterocycles. The zero-order chi connectivity index (χ0) is 31.0. The lowest BCUT2D eigenvalue weighted by molar-refractivity contribution is -0.142. The number of hydrogen-bond acceptors (Lipinski definition) is 7. The molecule has 6 atom stereocenters. The van der Waals surface area contributed by atoms with E-state index in [4.69, 9.17) is 10.5 Å². The number of carbonyl (C=O) groups is 6. The predicted molar refractivity (Wildman–Crippen MR) is 153 cm³/mol. The van der Waals surface area contributed by atoms with Gasteiger partial charge in [-0.15, -0.1) is 0 Å². The number of imide groups is 1. The Morgan fingerprint density at radius 1 is 0.952 bits per heavy atom. The van der Waals surface area contributed by atoms with Gasteiger partial charge in [0, 0.05) is 13.0 Å². The number of nitrogens with two attached hydrogens (primary N) is 1. The molecule has 2 heterocycles. The Bertz CT molecular complexity index is 1160. The minimum Gasteiger partial charge on any atom is -0.444 e. The second-order valence-electron chi connectivity index (χ2n) is 11.2. The minimum absolute atomic E-state index is 0.0137. The Morgan fingerprint density at radius 3 is 2.21 bits per heavy atom. The van der Waals surface area contributed by atoms with E-state index in [1.54, 1.807) is 31.2 Å². The van der Waals surface area contributed by atoms with Crippen LogP contribution >= 0.6 is 0 Å². The summed E-state index contributed by atoms with van der Waals surface area (Å²) in [6.07, 6.45) is 1.37. The number of likely N-dealkylation sites (tertiary alicyclic amines) is 2. The molecule has 12 nitrogen and oxygen atoms in total. The van der Waals surface area contributed by atoms with Gasteiger partial charge >= 0.3 is 6.09 Å². The Labute approximate surface area is 246 Å². The summed E-state index contributed by atoms with van der Waals surface area (Å²) in [6.45, 7) is 7.69. The van der Waals surface area contributed by atoms with Crippen molar-refractivity contribution < 1.29 is 33.5 Å². The number of primary amides is 1. The number of benzene rings is 1. The molecule has 0 aliphatic carbocycles. The molecule has 0 saturated carbocycles. The summed E-state index contributed by atoms with van der Waals surface area (Å²) in [6, 6.07) is 5.13. The van der Waals surface area contributed by atoms with Crippen molar-refractivity contribution in [2.24, 2.45) is 17.6 Å². The molecule has 6 amide bonds. The first kappa shape index (κ1) is 32.6. The first-order valence-corrected chi connectivity index (χ1v) is 14.7. The fourth-order valence-electron chi connectivity index (χ4n) is 5.33. The lowest BCUT2D eigenvalue weighted by atomic mass is 9.94. The minimum atomic E-state index is -1.13. The van der Waals surface area contributed by atoms with Crippen molar-refractivity contribution in [1.82, 2.24) is 20.4 Å². The normalized spacial score (nSPS) is 21.3. The number of ether oxygens (including phenoxy) is 1. The van der Waals surface area contributed by atoms with E-state index in [1.165, 1.54) is 4.90 Å². The van der Waals surface area contributed by atoms with Crippen LogP contribution < -0.4 is 16.4 Å². The van der Waals surface area contributed by atoms with Crippen LogP contribution in [0, 0.1) is 11.8 Å². The summed E-state index contributed by atoms with van der Waals surface area (Å²) >= 11 is 0. The van der Waals surface area contributed by atoms with Crippen molar-refractivity contribution >= 4 is 35.6 Å². The van der Waals surface area contributed by atoms with Crippen molar-refractivity contribution in [3.8, 4) is 0 Å². The Balaban J connectivity index is 1.73. The zero-order valence-electron chi connectivity index (χ0n) is 24.8. The molecule has 2 aliphatic heterocycles. The molecule has 2 fully saturated rings. The zero-order valence-corrected chi connectivity index (χ0v) is 24.8. The van der Waals surface area contributed by atoms with Gasteiger partial charge < -0.3 is 26.0 Å². The maximum atomic E-state index is 13.6. The van der Waals surface area contributed by atoms with E-state index in [9.17, 15) is 28.8 Å². The van der Waals surface area contributed by atoms with Crippen LogP contribution in [0.1, 0.15) is 71.8 Å². The summed E-state index contributed by atoms with van der Waals surface area (Å²) in [5.74, 6) is -3.31. The van der Waals surface area contributed by atoms with Gasteiger partial charge in [0.15, 0.2) is 0 Å². The highest BCUT2D eigenvalue weighted by Gasteiger charge is 2.44. The molecule has 0 bridgehead atoms. The number of nitrogens with one attached hydrogen (secondary N) is 2. The number of amides is 6. The highest BCUT2D eigenvalue weighted by atomic mass is 16.6. The van der Waals surface area contributed by atoms with Crippen LogP contribution in [0.15, 0.2) is 30.3 Å². The molecule has 42 heavy (non-hydrogen) atoms. The van der Waals surface area contributed by atoms with Gasteiger partial charge in [-0.25, -0.2) is 9.69 Å². The quantitative estimate of drug-likeness (QED) is 0.336. The van der Waals surface area contributed by atoms with Crippen molar-refractivity contribution in [1.29, 1.82) is 0 Å². The molecule has 0 spiro atoms. The van der Waals surface area contributed by atoms with Crippen LogP contribution in [-0.2, 0) is 35.3 Å². The standard InChI is InChI=1S/C30H43N5O7/c1-5-18(3)24(28(39)33-25(19(4)6-2)29(40)34-16-10-13-21(34)26(31)37)32-27(38)22-14-15-23(36)35(22)30(41)42-17-20-11-8-7-9-12-20/h7-9,11-12,18-19,21-22,24-25H,5-6,10,13-17H2,1-4H3,(H2,31,37)(H,32,38)(H,33,39)/t18-,19-,21-,22-,24-,25-/m0/s1. The summed E-state index contributed by atoms with van der Waals surface area (Å²) < 4.78 is 5.31. The Kier molecular flexibility index (Phi) is 11.5. The summed E-state index contributed by atoms with van der Waals surface area (Å²) in [4.78, 5) is 80.2. The average Bonchev–Trinajstić information content (AvgIpc) is 3.64. The van der Waals surface area contributed by atoms with E-state index < -0.39 is 53.9 Å². The molecular formula is C30H43N5O7. The van der Waals surface area contributed by atoms with Crippen LogP contribution in [-0.4, -0.2) is 76.1 Å². The summed E-state index contributed by atoms with van der Waals surface area (Å²) in [5, 5.41) is 5.56. The molecule has 4 N–H and O–H groups in total. The first-order chi connectivity index (χ1) is 20.0. The highest BCUT2D eigenvalue weighted by Crippen LogP contribution is 2.23. The second kappa shape index (κ2) is 14.8. The highest BCUT2D eigenvalue weighted by molar-refractivity contribution is 6.02. The third-order valence-corrected chi connectivity index (χ3v) is 8.35. The molecule has 12 heteroatoms. The topological polar surface area (TPSA) is 168 Å². The Morgan fingerprint density at radius 2 is 1.60 bits per heavy atom. The van der Waals surface area contributed by atoms with Crippen molar-refractivity contribution in [3.63, 3.8) is 0 Å². The molecule has 230 valence electrons. The smallest absolute Gasteiger partial charge is 0.417 e. The van der Waals surface area contributed by atoms with Gasteiger partial charge in [0.25, 0.3) is 0 Å². The van der Waals surface area contributed by atoms with E-state index >= 15 is 0 Å². The van der Waals surface area contributed by atoms with Crippen LogP contribution in [0.25, 0.3) is 0 Å². The lowest BCUT2D eigenvalue weighted by Crippen LogP contribution is -2.60. The van der Waals surface area contributed by atoms with Gasteiger partial charge in [-0.05, 0) is 36.7 Å². The third kappa shape index (κ3) is 7.65. The maximum absolute atomic E-state index is 13.6. The lowest BCUT2D eigenvalue weighted by Gasteiger charge is -2.33. The van der Waals surface area contributed by atoms with Crippen molar-refractivity contribution in [3.05, 3.63) is 35.9 Å². The van der Waals surface area contributed by atoms with Gasteiger partial charge in [0.2, 0.25) is 29.5 Å². The van der Waals surface area contributed by atoms with E-state index in [0.29, 0.717) is 32.2 Å². The molecule has 1 aromatic carbocycles. The fraction of sp³-hybridized carbons (Fsp3) is 0.600. The fourth-order valence-corrected chi connectivity index (χ4v) is 5.33. The molecule has 2 aliphatic rings. The molecular weight excluding hydrogens is 542 g/mol. The van der Waals surface area contributed by atoms with E-state index in [0.717, 1.165) is 10.5 Å². The van der Waals surface area contributed by atoms with Crippen LogP contribution in [0.5, 0.6) is 0 Å². The van der Waals surface area contributed by atoms with Gasteiger partial charge in [-0.2, -0.15) is 0 Å². The molecule has 3 rings (SSSR count). The summed E-state index contributed by atoms with van der Waals surface area (Å²) in [5.41, 5.74) is 6.25. The SMILES string of the molecule is CC[C@H](C)[C@H](NC(=O)[C@@H]1CCC(=O)N1C(=O)OCc1ccccc1)C(=O)N[C@H](C(=O)N1CCC[C@H]1C(N)=O)[C@@H](C)CC. The average molecular weight is 586 g/mol. The monoisotopic (exact) mass is 585 g/mol. The van der Waals surface area contributed by atoms with Gasteiger partial charge in [-0.3, -0.25) is 24.0 Å². The molecule has 1 aromatic rings. The van der Waals surface area contributed by atoms with E-state index in [-0.39, 0.29) is 37.2 Å². The largest absolute Gasteiger partial charge is 0.444 e. The summed E-state index contributed by atoms with van der Waals surface area (Å²) in [7, 11) is 0. The van der Waals surface area contributed by atoms with Gasteiger partial charge in [-0.1, -0.05) is 70.9 Å². The number of nitrogens with zero attached hydrogens (tertiary/aromatic N) is 2. The van der Waals surface area contributed by atoms with E-state index in [2.05, 4.69) is 10.6 Å². The molecule has 0 unspecified atom stereocenters. The second-order valence-corrected chi connectivity index (χ2v) is 11.2. The number of rotatable bonds is 12. The van der Waals surface area contributed by atoms with E-state index in [1.807, 2.05) is 26.8 Å². The number of hydrogen-bond donors (Lipinski definition) is 3. The molecule has 0 radical (unpaired) electrons. The van der Waals surface area contributed by atoms with Gasteiger partial charge in [0.1, 0.15) is 30.8 Å². The van der Waals surface area contributed by atoms with Crippen molar-refractivity contribution in [2.75, 3.05) is 6.54 Å². The van der Waals surface area contributed by atoms with Crippen LogP contribution in [0.2, 0.25) is 0 Å². The van der Waals surface area contributed by atoms with Crippen molar-refractivity contribution in [2.45, 2.75) is 97.0 Å². The Hall–Kier alpha value is -3.96. The number of carbonyl (C=O) groups excluding carboxylic acids is 6. The molecule has 2 saturated heterocycles. The first-order valence-electron chi connectivity index (χ1n) is 14.7. The van der Waals surface area contributed by atoms with Gasteiger partial charge in [0.05, 0.1) is 0 Å². The van der Waals surface area contributed by atoms with Crippen LogP contribution in [0.3, 0.4) is 0 Å². The third-order valence-electron chi connectivity index (χ3n) is 8.35.